The SMILES string of the molecule is CO[C@@H]1/C=C(/C(C)C)CCC2=CCC[C@@](C)(OC2=O)[C@H](O)CC[C@@]1(C)O. The van der Waals surface area contributed by atoms with Crippen molar-refractivity contribution in [3.8, 4) is 0 Å². The minimum absolute atomic E-state index is 0.284. The second-order valence-corrected chi connectivity index (χ2v) is 8.43. The van der Waals surface area contributed by atoms with E-state index in [1.807, 2.05) is 12.2 Å². The van der Waals surface area contributed by atoms with Crippen molar-refractivity contribution in [1.82, 2.24) is 0 Å². The van der Waals surface area contributed by atoms with Crippen LogP contribution in [0.15, 0.2) is 23.3 Å². The molecule has 5 heteroatoms. The van der Waals surface area contributed by atoms with Gasteiger partial charge in [-0.15, -0.1) is 0 Å². The van der Waals surface area contributed by atoms with Gasteiger partial charge in [-0.25, -0.2) is 4.79 Å². The van der Waals surface area contributed by atoms with Gasteiger partial charge in [0.05, 0.1) is 11.7 Å². The van der Waals surface area contributed by atoms with Crippen LogP contribution in [-0.4, -0.2) is 46.7 Å². The van der Waals surface area contributed by atoms with Crippen LogP contribution >= 0.6 is 0 Å². The molecule has 2 aliphatic heterocycles. The molecule has 0 spiro atoms. The van der Waals surface area contributed by atoms with E-state index >= 15 is 0 Å². The molecule has 0 radical (unpaired) electrons. The van der Waals surface area contributed by atoms with Crippen LogP contribution in [0.2, 0.25) is 0 Å². The van der Waals surface area contributed by atoms with Crippen molar-refractivity contribution in [2.45, 2.75) is 89.6 Å². The molecule has 5 nitrogen and oxygen atoms in total. The smallest absolute Gasteiger partial charge is 0.334 e. The first-order chi connectivity index (χ1) is 12.1. The molecule has 2 N–H and O–H groups in total. The minimum Gasteiger partial charge on any atom is -0.453 e. The number of allylic oxidation sites excluding steroid dienone is 2. The Kier molecular flexibility index (Phi) is 6.70. The van der Waals surface area contributed by atoms with Gasteiger partial charge in [0.1, 0.15) is 11.7 Å². The highest BCUT2D eigenvalue weighted by atomic mass is 16.6. The van der Waals surface area contributed by atoms with Gasteiger partial charge in [0.2, 0.25) is 0 Å². The van der Waals surface area contributed by atoms with Crippen LogP contribution < -0.4 is 0 Å². The predicted octanol–water partition coefficient (Wildman–Crippen LogP) is 3.29. The second-order valence-electron chi connectivity index (χ2n) is 8.43. The summed E-state index contributed by atoms with van der Waals surface area (Å²) in [6.45, 7) is 7.73. The number of aliphatic hydroxyl groups is 2. The molecule has 0 saturated heterocycles. The number of rotatable bonds is 2. The normalized spacial score (nSPS) is 39.0. The van der Waals surface area contributed by atoms with Crippen LogP contribution in [0.4, 0.5) is 0 Å². The van der Waals surface area contributed by atoms with Crippen molar-refractivity contribution in [2.75, 3.05) is 7.11 Å². The Morgan fingerprint density at radius 1 is 1.27 bits per heavy atom. The number of esters is 1. The summed E-state index contributed by atoms with van der Waals surface area (Å²) in [6.07, 6.45) is 5.90. The number of ether oxygens (including phenoxy) is 2. The Labute approximate surface area is 157 Å². The van der Waals surface area contributed by atoms with Gasteiger partial charge < -0.3 is 19.7 Å². The van der Waals surface area contributed by atoms with Gasteiger partial charge >= 0.3 is 5.97 Å². The fourth-order valence-electron chi connectivity index (χ4n) is 3.80. The third-order valence-corrected chi connectivity index (χ3v) is 5.91. The average molecular weight is 366 g/mol. The molecule has 0 saturated carbocycles. The molecule has 0 unspecified atom stereocenters. The molecular weight excluding hydrogens is 332 g/mol. The van der Waals surface area contributed by atoms with E-state index < -0.39 is 23.4 Å². The van der Waals surface area contributed by atoms with E-state index in [0.717, 1.165) is 5.57 Å². The molecule has 0 aromatic carbocycles. The fraction of sp³-hybridized carbons (Fsp3) is 0.762. The maximum Gasteiger partial charge on any atom is 0.334 e. The minimum atomic E-state index is -1.11. The molecule has 0 aliphatic carbocycles. The maximum atomic E-state index is 12.6. The number of fused-ring (bicyclic) bond motifs is 3. The molecule has 2 rings (SSSR count). The Morgan fingerprint density at radius 2 is 1.96 bits per heavy atom. The molecule has 0 aromatic heterocycles. The number of hydrogen-bond acceptors (Lipinski definition) is 5. The van der Waals surface area contributed by atoms with Gasteiger partial charge in [0.25, 0.3) is 0 Å². The molecule has 0 fully saturated rings. The third-order valence-electron chi connectivity index (χ3n) is 5.91. The van der Waals surface area contributed by atoms with Crippen molar-refractivity contribution in [1.29, 1.82) is 0 Å². The molecule has 2 aliphatic rings. The summed E-state index contributed by atoms with van der Waals surface area (Å²) in [4.78, 5) is 12.6. The van der Waals surface area contributed by atoms with Crippen LogP contribution in [0.1, 0.15) is 66.2 Å². The second kappa shape index (κ2) is 8.24. The third kappa shape index (κ3) is 4.76. The number of carbonyl (C=O) groups excluding carboxylic acids is 1. The quantitative estimate of drug-likeness (QED) is 0.579. The molecule has 26 heavy (non-hydrogen) atoms. The number of hydrogen-bond donors (Lipinski definition) is 2. The van der Waals surface area contributed by atoms with Gasteiger partial charge in [-0.2, -0.15) is 0 Å². The van der Waals surface area contributed by atoms with Gasteiger partial charge in [0.15, 0.2) is 0 Å². The predicted molar refractivity (Wildman–Crippen MR) is 101 cm³/mol. The highest BCUT2D eigenvalue weighted by Gasteiger charge is 2.41. The summed E-state index contributed by atoms with van der Waals surface area (Å²) in [5.41, 5.74) is -0.224. The lowest BCUT2D eigenvalue weighted by Gasteiger charge is -2.36. The van der Waals surface area contributed by atoms with Gasteiger partial charge in [0, 0.05) is 12.7 Å². The zero-order valence-electron chi connectivity index (χ0n) is 16.7. The van der Waals surface area contributed by atoms with Crippen LogP contribution in [0.25, 0.3) is 0 Å². The number of carbonyl (C=O) groups is 1. The topological polar surface area (TPSA) is 76.0 Å². The zero-order valence-corrected chi connectivity index (χ0v) is 16.7. The lowest BCUT2D eigenvalue weighted by molar-refractivity contribution is -0.168. The maximum absolute atomic E-state index is 12.6. The highest BCUT2D eigenvalue weighted by Crippen LogP contribution is 2.34. The molecule has 2 heterocycles. The molecule has 0 aromatic rings. The summed E-state index contributed by atoms with van der Waals surface area (Å²) in [5.74, 6) is -0.0479. The number of aliphatic hydroxyl groups excluding tert-OH is 1. The molecular formula is C21H34O5. The van der Waals surface area contributed by atoms with Crippen LogP contribution in [0.5, 0.6) is 0 Å². The fourth-order valence-corrected chi connectivity index (χ4v) is 3.80. The van der Waals surface area contributed by atoms with Gasteiger partial charge in [-0.05, 0) is 58.3 Å². The molecule has 148 valence electrons. The van der Waals surface area contributed by atoms with Crippen molar-refractivity contribution >= 4 is 5.97 Å². The van der Waals surface area contributed by atoms with E-state index in [1.165, 1.54) is 0 Å². The van der Waals surface area contributed by atoms with E-state index in [1.54, 1.807) is 21.0 Å². The number of methoxy groups -OCH3 is 1. The Hall–Kier alpha value is -1.17. The summed E-state index contributed by atoms with van der Waals surface area (Å²) in [7, 11) is 1.59. The van der Waals surface area contributed by atoms with E-state index in [0.29, 0.717) is 44.1 Å². The largest absolute Gasteiger partial charge is 0.453 e. The Bertz CT molecular complexity index is 575. The van der Waals surface area contributed by atoms with E-state index in [4.69, 9.17) is 9.47 Å². The highest BCUT2D eigenvalue weighted by molar-refractivity contribution is 5.89. The lowest BCUT2D eigenvalue weighted by Crippen LogP contribution is -2.46. The first kappa shape index (κ1) is 21.1. The van der Waals surface area contributed by atoms with E-state index in [9.17, 15) is 15.0 Å². The lowest BCUT2D eigenvalue weighted by atomic mass is 9.83. The zero-order chi connectivity index (χ0) is 19.5. The Balaban J connectivity index is 2.41. The van der Waals surface area contributed by atoms with Crippen LogP contribution in [0.3, 0.4) is 0 Å². The van der Waals surface area contributed by atoms with Gasteiger partial charge in [-0.1, -0.05) is 31.6 Å². The first-order valence-electron chi connectivity index (χ1n) is 9.65. The summed E-state index contributed by atoms with van der Waals surface area (Å²) in [5, 5.41) is 21.7. The first-order valence-corrected chi connectivity index (χ1v) is 9.65. The van der Waals surface area contributed by atoms with E-state index in [2.05, 4.69) is 13.8 Å². The summed E-state index contributed by atoms with van der Waals surface area (Å²) >= 11 is 0. The van der Waals surface area contributed by atoms with Crippen molar-refractivity contribution in [3.63, 3.8) is 0 Å². The average Bonchev–Trinajstić information content (AvgIpc) is 2.70. The molecule has 4 atom stereocenters. The Morgan fingerprint density at radius 3 is 2.58 bits per heavy atom. The van der Waals surface area contributed by atoms with Crippen molar-refractivity contribution in [3.05, 3.63) is 23.3 Å². The summed E-state index contributed by atoms with van der Waals surface area (Å²) in [6, 6.07) is 0. The molecule has 0 amide bonds. The van der Waals surface area contributed by atoms with E-state index in [-0.39, 0.29) is 11.9 Å². The molecule has 2 bridgehead atoms. The van der Waals surface area contributed by atoms with Crippen LogP contribution in [0, 0.1) is 5.92 Å². The monoisotopic (exact) mass is 366 g/mol. The van der Waals surface area contributed by atoms with Crippen LogP contribution in [-0.2, 0) is 14.3 Å². The van der Waals surface area contributed by atoms with Crippen molar-refractivity contribution in [2.24, 2.45) is 5.92 Å². The summed E-state index contributed by atoms with van der Waals surface area (Å²) < 4.78 is 11.3. The van der Waals surface area contributed by atoms with Crippen molar-refractivity contribution < 1.29 is 24.5 Å². The standard InChI is InChI=1S/C21H34O5/c1-14(2)16-9-8-15-7-6-11-21(4,26-19(15)23)17(22)10-12-20(3,24)18(13-16)25-5/h7,13-14,17-18,22,24H,6,8-12H2,1-5H3/b16-13+/t17-,18-,20-,21-/m1/s1. The van der Waals surface area contributed by atoms with Gasteiger partial charge in [-0.3, -0.25) is 0 Å².